The predicted octanol–water partition coefficient (Wildman–Crippen LogP) is 6.14. The molecule has 4 heterocycles. The highest BCUT2D eigenvalue weighted by Crippen LogP contribution is 2.45. The van der Waals surface area contributed by atoms with Gasteiger partial charge in [0.1, 0.15) is 30.2 Å². The van der Waals surface area contributed by atoms with Crippen LogP contribution >= 0.6 is 0 Å². The molecule has 3 aromatic heterocycles. The van der Waals surface area contributed by atoms with Crippen molar-refractivity contribution in [2.45, 2.75) is 20.4 Å². The second-order valence-electron chi connectivity index (χ2n) is 9.72. The molecule has 1 aliphatic heterocycles. The molecule has 188 valence electrons. The van der Waals surface area contributed by atoms with Gasteiger partial charge in [0.25, 0.3) is 5.91 Å². The van der Waals surface area contributed by atoms with Crippen LogP contribution in [0.15, 0.2) is 65.1 Å². The van der Waals surface area contributed by atoms with Gasteiger partial charge in [-0.1, -0.05) is 18.2 Å². The number of amides is 1. The zero-order chi connectivity index (χ0) is 26.0. The lowest BCUT2D eigenvalue weighted by Gasteiger charge is -2.21. The van der Waals surface area contributed by atoms with Crippen molar-refractivity contribution >= 4 is 44.4 Å². The quantitative estimate of drug-likeness (QED) is 0.280. The molecule has 0 saturated heterocycles. The first-order chi connectivity index (χ1) is 18.5. The highest BCUT2D eigenvalue weighted by molar-refractivity contribution is 6.26. The lowest BCUT2D eigenvalue weighted by atomic mass is 9.97. The van der Waals surface area contributed by atoms with Crippen molar-refractivity contribution in [1.82, 2.24) is 10.3 Å². The number of rotatable bonds is 4. The van der Waals surface area contributed by atoms with Crippen molar-refractivity contribution in [2.24, 2.45) is 0 Å². The van der Waals surface area contributed by atoms with Gasteiger partial charge in [-0.25, -0.2) is 4.98 Å². The molecule has 0 atom stereocenters. The summed E-state index contributed by atoms with van der Waals surface area (Å²) in [4.78, 5) is 17.4. The lowest BCUT2D eigenvalue weighted by Crippen LogP contribution is -2.24. The second kappa shape index (κ2) is 8.38. The Morgan fingerprint density at radius 1 is 0.921 bits per heavy atom. The minimum absolute atomic E-state index is 0.150. The SMILES string of the molecule is Cc1cc(N)nc(C)c1CNC(=O)c1ccc2c(c1)c1oc2c2cc(-c3cccc4c3OCCO4)ccc21. The Hall–Kier alpha value is -4.78. The van der Waals surface area contributed by atoms with E-state index in [1.54, 1.807) is 0 Å². The number of nitrogens with one attached hydrogen (secondary N) is 1. The van der Waals surface area contributed by atoms with E-state index in [-0.39, 0.29) is 5.91 Å². The van der Waals surface area contributed by atoms with Crippen LogP contribution in [-0.2, 0) is 6.54 Å². The standard InChI is InChI=1S/C31H25N3O4/c1-16-12-27(32)34-17(2)25(16)15-33-31(35)19-7-9-22-24(14-19)29-21-8-6-18(13-23(21)28(22)38-29)20-4-3-5-26-30(20)37-11-10-36-26/h3-9,12-14H,10-11,15H2,1-2H3,(H2,32,34)(H,33,35). The van der Waals surface area contributed by atoms with Gasteiger partial charge in [-0.3, -0.25) is 4.79 Å². The molecule has 2 bridgehead atoms. The van der Waals surface area contributed by atoms with E-state index in [9.17, 15) is 4.79 Å². The van der Waals surface area contributed by atoms with E-state index in [4.69, 9.17) is 19.6 Å². The highest BCUT2D eigenvalue weighted by atomic mass is 16.6. The molecule has 0 unspecified atom stereocenters. The molecular formula is C31H25N3O4. The summed E-state index contributed by atoms with van der Waals surface area (Å²) in [5, 5.41) is 7.01. The number of hydrogen-bond acceptors (Lipinski definition) is 6. The molecule has 38 heavy (non-hydrogen) atoms. The minimum atomic E-state index is -0.150. The van der Waals surface area contributed by atoms with Gasteiger partial charge in [0.15, 0.2) is 11.5 Å². The number of benzene rings is 4. The number of carbonyl (C=O) groups excluding carboxylic acids is 1. The van der Waals surface area contributed by atoms with Gasteiger partial charge in [0.05, 0.1) is 0 Å². The van der Waals surface area contributed by atoms with Crippen molar-refractivity contribution in [3.05, 3.63) is 83.0 Å². The number of aryl methyl sites for hydroxylation is 2. The molecule has 7 heteroatoms. The first-order valence-corrected chi connectivity index (χ1v) is 12.6. The number of para-hydroxylation sites is 1. The average Bonchev–Trinajstić information content (AvgIpc) is 3.49. The number of fused-ring (bicyclic) bond motifs is 9. The van der Waals surface area contributed by atoms with E-state index in [0.717, 1.165) is 72.2 Å². The summed E-state index contributed by atoms with van der Waals surface area (Å²) in [6.07, 6.45) is 0. The Balaban J connectivity index is 1.22. The van der Waals surface area contributed by atoms with Crippen molar-refractivity contribution in [2.75, 3.05) is 18.9 Å². The maximum Gasteiger partial charge on any atom is 0.251 e. The van der Waals surface area contributed by atoms with E-state index in [1.165, 1.54) is 0 Å². The molecule has 1 aliphatic rings. The summed E-state index contributed by atoms with van der Waals surface area (Å²) in [6, 6.07) is 19.8. The number of hydrogen-bond donors (Lipinski definition) is 2. The number of pyridine rings is 1. The molecule has 0 radical (unpaired) electrons. The molecule has 3 N–H and O–H groups in total. The summed E-state index contributed by atoms with van der Waals surface area (Å²) in [7, 11) is 0. The number of furan rings is 2. The smallest absolute Gasteiger partial charge is 0.251 e. The van der Waals surface area contributed by atoms with E-state index in [2.05, 4.69) is 28.5 Å². The monoisotopic (exact) mass is 503 g/mol. The fourth-order valence-electron chi connectivity index (χ4n) is 5.51. The zero-order valence-corrected chi connectivity index (χ0v) is 21.1. The van der Waals surface area contributed by atoms with Crippen molar-refractivity contribution in [1.29, 1.82) is 0 Å². The zero-order valence-electron chi connectivity index (χ0n) is 21.1. The molecule has 1 amide bonds. The number of nitrogens with two attached hydrogens (primary N) is 1. The van der Waals surface area contributed by atoms with Gasteiger partial charge in [-0.05, 0) is 73.0 Å². The molecule has 7 nitrogen and oxygen atoms in total. The molecule has 7 rings (SSSR count). The average molecular weight is 504 g/mol. The maximum atomic E-state index is 13.0. The Labute approximate surface area is 218 Å². The summed E-state index contributed by atoms with van der Waals surface area (Å²) in [5.41, 5.74) is 12.9. The van der Waals surface area contributed by atoms with Gasteiger partial charge in [-0.2, -0.15) is 0 Å². The Kier molecular flexibility index (Phi) is 4.94. The molecule has 6 aromatic rings. The largest absolute Gasteiger partial charge is 0.486 e. The first kappa shape index (κ1) is 22.4. The van der Waals surface area contributed by atoms with Crippen LogP contribution < -0.4 is 20.5 Å². The third kappa shape index (κ3) is 3.43. The number of ether oxygens (including phenoxy) is 2. The van der Waals surface area contributed by atoms with Crippen LogP contribution in [0.2, 0.25) is 0 Å². The Morgan fingerprint density at radius 2 is 1.68 bits per heavy atom. The van der Waals surface area contributed by atoms with Gasteiger partial charge in [0.2, 0.25) is 0 Å². The van der Waals surface area contributed by atoms with Crippen LogP contribution in [0.1, 0.15) is 27.2 Å². The van der Waals surface area contributed by atoms with Crippen molar-refractivity contribution < 1.29 is 18.7 Å². The van der Waals surface area contributed by atoms with E-state index in [0.29, 0.717) is 31.1 Å². The normalized spacial score (nSPS) is 13.0. The maximum absolute atomic E-state index is 13.0. The van der Waals surface area contributed by atoms with Crippen LogP contribution in [0, 0.1) is 13.8 Å². The van der Waals surface area contributed by atoms with Crippen LogP contribution in [0.3, 0.4) is 0 Å². The van der Waals surface area contributed by atoms with Gasteiger partial charge < -0.3 is 24.9 Å². The summed E-state index contributed by atoms with van der Waals surface area (Å²) in [6.45, 7) is 5.35. The number of carbonyl (C=O) groups is 1. The molecule has 0 aliphatic carbocycles. The van der Waals surface area contributed by atoms with Crippen LogP contribution in [-0.4, -0.2) is 24.1 Å². The summed E-state index contributed by atoms with van der Waals surface area (Å²) in [5.74, 6) is 1.87. The lowest BCUT2D eigenvalue weighted by molar-refractivity contribution is 0.0951. The van der Waals surface area contributed by atoms with Crippen molar-refractivity contribution in [3.63, 3.8) is 0 Å². The number of aromatic nitrogens is 1. The fraction of sp³-hybridized carbons (Fsp3) is 0.161. The van der Waals surface area contributed by atoms with E-state index >= 15 is 0 Å². The predicted molar refractivity (Wildman–Crippen MR) is 148 cm³/mol. The molecule has 0 saturated carbocycles. The van der Waals surface area contributed by atoms with Crippen LogP contribution in [0.5, 0.6) is 11.5 Å². The topological polar surface area (TPSA) is 99.6 Å². The van der Waals surface area contributed by atoms with Crippen LogP contribution in [0.4, 0.5) is 5.82 Å². The van der Waals surface area contributed by atoms with Gasteiger partial charge in [-0.15, -0.1) is 0 Å². The number of nitrogen functional groups attached to an aromatic ring is 1. The van der Waals surface area contributed by atoms with Crippen LogP contribution in [0.25, 0.3) is 43.8 Å². The van der Waals surface area contributed by atoms with Gasteiger partial charge >= 0.3 is 0 Å². The first-order valence-electron chi connectivity index (χ1n) is 12.6. The van der Waals surface area contributed by atoms with E-state index < -0.39 is 0 Å². The van der Waals surface area contributed by atoms with Crippen molar-refractivity contribution in [3.8, 4) is 22.6 Å². The van der Waals surface area contributed by atoms with Gasteiger partial charge in [0, 0.05) is 44.9 Å². The third-order valence-electron chi connectivity index (χ3n) is 7.36. The summed E-state index contributed by atoms with van der Waals surface area (Å²) < 4.78 is 17.9. The number of anilines is 1. The summed E-state index contributed by atoms with van der Waals surface area (Å²) >= 11 is 0. The highest BCUT2D eigenvalue weighted by Gasteiger charge is 2.22. The Bertz CT molecular complexity index is 1870. The Morgan fingerprint density at radius 3 is 2.50 bits per heavy atom. The molecular weight excluding hydrogens is 478 g/mol. The second-order valence-corrected chi connectivity index (χ2v) is 9.72. The van der Waals surface area contributed by atoms with E-state index in [1.807, 2.05) is 56.3 Å². The molecule has 0 fully saturated rings. The molecule has 3 aromatic carbocycles. The minimum Gasteiger partial charge on any atom is -0.486 e. The fourth-order valence-corrected chi connectivity index (χ4v) is 5.51. The molecule has 0 spiro atoms. The number of nitrogens with zero attached hydrogens (tertiary/aromatic N) is 1. The third-order valence-corrected chi connectivity index (χ3v) is 7.36.